The Morgan fingerprint density at radius 2 is 1.57 bits per heavy atom. The van der Waals surface area contributed by atoms with E-state index in [4.69, 9.17) is 23.2 Å². The molecule has 0 spiro atoms. The molecule has 0 amide bonds. The normalized spacial score (nSPS) is 13.9. The second-order valence-electron chi connectivity index (χ2n) is 6.31. The highest BCUT2D eigenvalue weighted by Gasteiger charge is 2.36. The molecule has 0 aliphatic heterocycles. The molecule has 1 atom stereocenters. The van der Waals surface area contributed by atoms with Crippen LogP contribution in [0.4, 0.5) is 0 Å². The van der Waals surface area contributed by atoms with Crippen molar-refractivity contribution in [1.29, 1.82) is 0 Å². The summed E-state index contributed by atoms with van der Waals surface area (Å²) < 4.78 is 0. The van der Waals surface area contributed by atoms with Crippen LogP contribution in [0.1, 0.15) is 22.3 Å². The first-order chi connectivity index (χ1) is 10.8. The number of rotatable bonds is 5. The molecule has 5 heteroatoms. The molecule has 0 saturated carbocycles. The fraction of sp³-hybridized carbons (Fsp3) is 0.333. The van der Waals surface area contributed by atoms with Crippen molar-refractivity contribution in [2.45, 2.75) is 25.7 Å². The van der Waals surface area contributed by atoms with E-state index in [0.29, 0.717) is 11.4 Å². The van der Waals surface area contributed by atoms with Gasteiger partial charge in [-0.3, -0.25) is 0 Å². The molecule has 0 radical (unpaired) electrons. The van der Waals surface area contributed by atoms with Crippen molar-refractivity contribution >= 4 is 30.7 Å². The van der Waals surface area contributed by atoms with E-state index in [9.17, 15) is 5.02 Å². The van der Waals surface area contributed by atoms with Crippen molar-refractivity contribution < 1.29 is 5.02 Å². The van der Waals surface area contributed by atoms with Gasteiger partial charge in [-0.15, -0.1) is 0 Å². The molecule has 0 aliphatic carbocycles. The zero-order chi connectivity index (χ0) is 17.2. The van der Waals surface area contributed by atoms with E-state index in [2.05, 4.69) is 6.07 Å². The Balaban J connectivity index is 2.50. The van der Waals surface area contributed by atoms with Gasteiger partial charge < -0.3 is 9.92 Å². The third kappa shape index (κ3) is 3.75. The van der Waals surface area contributed by atoms with Crippen LogP contribution in [0.5, 0.6) is 0 Å². The van der Waals surface area contributed by atoms with E-state index in [1.54, 1.807) is 0 Å². The van der Waals surface area contributed by atoms with Crippen molar-refractivity contribution in [3.63, 3.8) is 0 Å². The van der Waals surface area contributed by atoms with Gasteiger partial charge in [0.1, 0.15) is 0 Å². The number of halogens is 2. The average Bonchev–Trinajstić information content (AvgIpc) is 2.51. The molecule has 1 N–H and O–H groups in total. The summed E-state index contributed by atoms with van der Waals surface area (Å²) in [5.41, 5.74) is 3.61. The van der Waals surface area contributed by atoms with Gasteiger partial charge in [0.2, 0.25) is 0 Å². The lowest BCUT2D eigenvalue weighted by Crippen LogP contribution is -2.48. The average molecular weight is 350 g/mol. The summed E-state index contributed by atoms with van der Waals surface area (Å²) in [6.07, 6.45) is 0.649. The summed E-state index contributed by atoms with van der Waals surface area (Å²) in [6.45, 7) is 3.96. The lowest BCUT2D eigenvalue weighted by molar-refractivity contribution is 0.226. The van der Waals surface area contributed by atoms with Gasteiger partial charge in [0.15, 0.2) is 0 Å². The summed E-state index contributed by atoms with van der Waals surface area (Å²) in [4.78, 5) is 2.04. The maximum absolute atomic E-state index is 10.2. The van der Waals surface area contributed by atoms with Crippen LogP contribution in [0.2, 0.25) is 10.0 Å². The van der Waals surface area contributed by atoms with E-state index in [1.807, 2.05) is 63.2 Å². The summed E-state index contributed by atoms with van der Waals surface area (Å²) >= 11 is 12.6. The van der Waals surface area contributed by atoms with Gasteiger partial charge in [0.25, 0.3) is 7.48 Å². The minimum Gasteiger partial charge on any atom is -0.451 e. The Hall–Kier alpha value is -0.995. The fourth-order valence-electron chi connectivity index (χ4n) is 2.77. The molecule has 2 rings (SSSR count). The SMILES string of the molecule is Cc1ccc(CC(BO)(c2ccc(C)c(Cl)c2)N(C)C)cc1Cl. The van der Waals surface area contributed by atoms with Crippen molar-refractivity contribution in [3.05, 3.63) is 68.7 Å². The van der Waals surface area contributed by atoms with Gasteiger partial charge in [-0.2, -0.15) is 0 Å². The van der Waals surface area contributed by atoms with Crippen molar-refractivity contribution in [1.82, 2.24) is 4.90 Å². The first-order valence-corrected chi connectivity index (χ1v) is 8.35. The number of benzene rings is 2. The minimum absolute atomic E-state index is 0.00904. The Morgan fingerprint density at radius 1 is 1.00 bits per heavy atom. The van der Waals surface area contributed by atoms with E-state index in [0.717, 1.165) is 27.3 Å². The number of hydrogen-bond donors (Lipinski definition) is 1. The molecular weight excluding hydrogens is 328 g/mol. The van der Waals surface area contributed by atoms with Crippen LogP contribution in [-0.2, 0) is 11.9 Å². The van der Waals surface area contributed by atoms with Gasteiger partial charge >= 0.3 is 0 Å². The van der Waals surface area contributed by atoms with Crippen LogP contribution in [0.3, 0.4) is 0 Å². The summed E-state index contributed by atoms with van der Waals surface area (Å²) in [6, 6.07) is 12.0. The van der Waals surface area contributed by atoms with E-state index >= 15 is 0 Å². The van der Waals surface area contributed by atoms with E-state index in [1.165, 1.54) is 0 Å². The molecule has 122 valence electrons. The highest BCUT2D eigenvalue weighted by atomic mass is 35.5. The van der Waals surface area contributed by atoms with Crippen LogP contribution < -0.4 is 0 Å². The molecule has 0 bridgehead atoms. The van der Waals surface area contributed by atoms with Crippen LogP contribution >= 0.6 is 23.2 Å². The van der Waals surface area contributed by atoms with Gasteiger partial charge in [-0.1, -0.05) is 47.5 Å². The van der Waals surface area contributed by atoms with Crippen LogP contribution in [0.15, 0.2) is 36.4 Å². The molecule has 2 aromatic rings. The molecule has 2 nitrogen and oxygen atoms in total. The monoisotopic (exact) mass is 349 g/mol. The second kappa shape index (κ2) is 7.27. The molecule has 0 aliphatic rings. The van der Waals surface area contributed by atoms with Crippen molar-refractivity contribution in [3.8, 4) is 0 Å². The fourth-order valence-corrected chi connectivity index (χ4v) is 3.16. The predicted octanol–water partition coefficient (Wildman–Crippen LogP) is 3.91. The Bertz CT molecular complexity index is 705. The van der Waals surface area contributed by atoms with Crippen LogP contribution in [0, 0.1) is 13.8 Å². The maximum atomic E-state index is 10.2. The molecule has 2 aromatic carbocycles. The van der Waals surface area contributed by atoms with E-state index < -0.39 is 5.44 Å². The van der Waals surface area contributed by atoms with Crippen LogP contribution in [-0.4, -0.2) is 31.5 Å². The summed E-state index contributed by atoms with van der Waals surface area (Å²) in [5, 5.41) is 11.7. The molecule has 0 saturated heterocycles. The quantitative estimate of drug-likeness (QED) is 0.827. The topological polar surface area (TPSA) is 23.5 Å². The molecule has 0 heterocycles. The Kier molecular flexibility index (Phi) is 5.80. The lowest BCUT2D eigenvalue weighted by Gasteiger charge is -2.39. The zero-order valence-electron chi connectivity index (χ0n) is 14.0. The van der Waals surface area contributed by atoms with Gasteiger partial charge in [-0.05, 0) is 68.8 Å². The summed E-state index contributed by atoms with van der Waals surface area (Å²) in [7, 11) is 3.93. The number of likely N-dealkylation sites (N-methyl/N-ethyl adjacent to an activating group) is 1. The second-order valence-corrected chi connectivity index (χ2v) is 7.12. The van der Waals surface area contributed by atoms with Crippen molar-refractivity contribution in [2.24, 2.45) is 0 Å². The first-order valence-electron chi connectivity index (χ1n) is 7.60. The molecular formula is C18H22BCl2NO. The highest BCUT2D eigenvalue weighted by Crippen LogP contribution is 2.33. The number of aryl methyl sites for hydroxylation is 2. The standard InChI is InChI=1S/C18H22BCl2NO/c1-12-5-7-14(9-16(12)20)11-18(19-23,22(3)4)15-8-6-13(2)17(21)10-15/h5-10,19,23H,11H2,1-4H3. The lowest BCUT2D eigenvalue weighted by atomic mass is 9.62. The molecule has 0 fully saturated rings. The minimum atomic E-state index is -0.546. The third-order valence-corrected chi connectivity index (χ3v) is 5.37. The van der Waals surface area contributed by atoms with Gasteiger partial charge in [0, 0.05) is 10.0 Å². The van der Waals surface area contributed by atoms with Crippen molar-refractivity contribution in [2.75, 3.05) is 14.1 Å². The van der Waals surface area contributed by atoms with Gasteiger partial charge in [0.05, 0.1) is 5.44 Å². The smallest absolute Gasteiger partial charge is 0.296 e. The molecule has 1 unspecified atom stereocenters. The largest absolute Gasteiger partial charge is 0.451 e. The predicted molar refractivity (Wildman–Crippen MR) is 101 cm³/mol. The highest BCUT2D eigenvalue weighted by molar-refractivity contribution is 6.33. The zero-order valence-corrected chi connectivity index (χ0v) is 15.5. The Morgan fingerprint density at radius 3 is 2.04 bits per heavy atom. The maximum Gasteiger partial charge on any atom is 0.296 e. The summed E-state index contributed by atoms with van der Waals surface area (Å²) in [5.74, 6) is 0. The third-order valence-electron chi connectivity index (χ3n) is 4.56. The molecule has 0 aromatic heterocycles. The Labute approximate surface area is 149 Å². The number of hydrogen-bond acceptors (Lipinski definition) is 2. The van der Waals surface area contributed by atoms with Crippen LogP contribution in [0.25, 0.3) is 0 Å². The van der Waals surface area contributed by atoms with E-state index in [-0.39, 0.29) is 7.48 Å². The number of nitrogens with zero attached hydrogens (tertiary/aromatic N) is 1. The first kappa shape index (κ1) is 18.3. The van der Waals surface area contributed by atoms with Gasteiger partial charge in [-0.25, -0.2) is 0 Å². The molecule has 23 heavy (non-hydrogen) atoms.